The topological polar surface area (TPSA) is 0 Å². The molecule has 0 aliphatic carbocycles. The lowest BCUT2D eigenvalue weighted by Crippen LogP contribution is -2.33. The summed E-state index contributed by atoms with van der Waals surface area (Å²) < 4.78 is 0. The van der Waals surface area contributed by atoms with Gasteiger partial charge in [-0.05, 0) is 17.0 Å². The second-order valence-corrected chi connectivity index (χ2v) is 7.97. The molecule has 1 aromatic carbocycles. The molecule has 0 bridgehead atoms. The minimum Gasteiger partial charge on any atom is -0.143 e. The highest BCUT2D eigenvalue weighted by Gasteiger charge is 2.21. The van der Waals surface area contributed by atoms with Crippen molar-refractivity contribution >= 4 is 26.6 Å². The average molecular weight is 223 g/mol. The first kappa shape index (κ1) is 11.9. The van der Waals surface area contributed by atoms with Gasteiger partial charge >= 0.3 is 0 Å². The predicted molar refractivity (Wildman–Crippen MR) is 69.5 cm³/mol. The lowest BCUT2D eigenvalue weighted by atomic mass is 9.87. The van der Waals surface area contributed by atoms with Crippen molar-refractivity contribution in [3.05, 3.63) is 23.8 Å². The van der Waals surface area contributed by atoms with Crippen LogP contribution in [0.3, 0.4) is 0 Å². The van der Waals surface area contributed by atoms with Gasteiger partial charge in [0.15, 0.2) is 0 Å². The molecule has 1 aromatic rings. The fourth-order valence-corrected chi connectivity index (χ4v) is 3.83. The highest BCUT2D eigenvalue weighted by Crippen LogP contribution is 2.26. The van der Waals surface area contributed by atoms with Gasteiger partial charge in [-0.15, -0.1) is 12.6 Å². The summed E-state index contributed by atoms with van der Waals surface area (Å²) in [7, 11) is -0.395. The summed E-state index contributed by atoms with van der Waals surface area (Å²) in [6.45, 7) is 11.5. The van der Waals surface area contributed by atoms with E-state index in [1.165, 1.54) is 10.8 Å². The maximum atomic E-state index is 4.57. The van der Waals surface area contributed by atoms with Gasteiger partial charge in [0.1, 0.15) is 0 Å². The number of thiol groups is 1. The summed E-state index contributed by atoms with van der Waals surface area (Å²) >= 11 is 4.57. The van der Waals surface area contributed by atoms with E-state index in [1.807, 2.05) is 0 Å². The molecule has 0 saturated carbocycles. The summed E-state index contributed by atoms with van der Waals surface area (Å²) in [5.41, 5.74) is 1.64. The molecule has 1 rings (SSSR count). The van der Waals surface area contributed by atoms with E-state index >= 15 is 0 Å². The van der Waals surface area contributed by atoms with Crippen LogP contribution >= 0.6 is 12.6 Å². The van der Waals surface area contributed by atoms with Gasteiger partial charge < -0.3 is 0 Å². The fourth-order valence-electron chi connectivity index (χ4n) is 1.75. The number of hydrogen-bond acceptors (Lipinski definition) is 1. The van der Waals surface area contributed by atoms with Gasteiger partial charge in [-0.1, -0.05) is 51.2 Å². The first-order valence-corrected chi connectivity index (χ1v) is 7.91. The number of benzene rings is 1. The van der Waals surface area contributed by atoms with Crippen LogP contribution < -0.4 is 5.19 Å². The van der Waals surface area contributed by atoms with Crippen molar-refractivity contribution in [2.75, 3.05) is 0 Å². The lowest BCUT2D eigenvalue weighted by Gasteiger charge is -2.26. The summed E-state index contributed by atoms with van der Waals surface area (Å²) in [4.78, 5) is 1.14. The van der Waals surface area contributed by atoms with Crippen molar-refractivity contribution in [1.29, 1.82) is 0 Å². The van der Waals surface area contributed by atoms with Gasteiger partial charge in [0.05, 0.1) is 8.80 Å². The zero-order valence-corrected chi connectivity index (χ0v) is 11.6. The summed E-state index contributed by atoms with van der Waals surface area (Å²) in [5.74, 6) is 0. The van der Waals surface area contributed by atoms with Crippen LogP contribution in [0.5, 0.6) is 0 Å². The van der Waals surface area contributed by atoms with E-state index in [9.17, 15) is 0 Å². The maximum Gasteiger partial charge on any atom is 0.0796 e. The molecule has 0 saturated heterocycles. The Morgan fingerprint density at radius 3 is 2.07 bits per heavy atom. The first-order chi connectivity index (χ1) is 6.34. The van der Waals surface area contributed by atoms with E-state index in [0.29, 0.717) is 0 Å². The van der Waals surface area contributed by atoms with Crippen molar-refractivity contribution in [2.45, 2.75) is 44.2 Å². The standard InChI is InChI=1S/C12H19SSi/c1-12(2,3)11-9(13)7-6-8-10(11)14(4)5/h6-8,13H,1-5H3. The van der Waals surface area contributed by atoms with Crippen molar-refractivity contribution in [3.63, 3.8) is 0 Å². The Bertz CT molecular complexity index is 324. The van der Waals surface area contributed by atoms with Crippen molar-refractivity contribution in [3.8, 4) is 0 Å². The molecule has 14 heavy (non-hydrogen) atoms. The van der Waals surface area contributed by atoms with Crippen LogP contribution in [-0.4, -0.2) is 8.80 Å². The lowest BCUT2D eigenvalue weighted by molar-refractivity contribution is 0.582. The molecule has 2 heteroatoms. The van der Waals surface area contributed by atoms with Crippen LogP contribution in [0.2, 0.25) is 13.1 Å². The molecule has 0 aliphatic rings. The SMILES string of the molecule is C[Si](C)c1cccc(S)c1C(C)(C)C. The van der Waals surface area contributed by atoms with Gasteiger partial charge in [-0.2, -0.15) is 0 Å². The van der Waals surface area contributed by atoms with Crippen LogP contribution in [0, 0.1) is 0 Å². The molecule has 0 unspecified atom stereocenters. The third-order valence-electron chi connectivity index (χ3n) is 2.33. The van der Waals surface area contributed by atoms with E-state index in [1.54, 1.807) is 0 Å². The van der Waals surface area contributed by atoms with Gasteiger partial charge in [0.25, 0.3) is 0 Å². The van der Waals surface area contributed by atoms with E-state index in [2.05, 4.69) is 64.7 Å². The van der Waals surface area contributed by atoms with Crippen LogP contribution in [0.15, 0.2) is 23.1 Å². The molecule has 0 aromatic heterocycles. The second kappa shape index (κ2) is 4.11. The Kier molecular flexibility index (Phi) is 3.48. The first-order valence-electron chi connectivity index (χ1n) is 4.97. The quantitative estimate of drug-likeness (QED) is 0.548. The molecular weight excluding hydrogens is 204 g/mol. The molecule has 0 N–H and O–H groups in total. The average Bonchev–Trinajstić information content (AvgIpc) is 2.01. The van der Waals surface area contributed by atoms with Gasteiger partial charge in [0, 0.05) is 4.90 Å². The fraction of sp³-hybridized carbons (Fsp3) is 0.500. The van der Waals surface area contributed by atoms with Gasteiger partial charge in [0.2, 0.25) is 0 Å². The molecule has 0 atom stereocenters. The zero-order valence-electron chi connectivity index (χ0n) is 9.68. The van der Waals surface area contributed by atoms with Gasteiger partial charge in [-0.3, -0.25) is 0 Å². The summed E-state index contributed by atoms with van der Waals surface area (Å²) in [6.07, 6.45) is 0. The van der Waals surface area contributed by atoms with Crippen LogP contribution in [-0.2, 0) is 5.41 Å². The Labute approximate surface area is 94.8 Å². The third kappa shape index (κ3) is 2.42. The third-order valence-corrected chi connectivity index (χ3v) is 4.20. The molecule has 0 amide bonds. The zero-order chi connectivity index (χ0) is 10.9. The second-order valence-electron chi connectivity index (χ2n) is 4.95. The monoisotopic (exact) mass is 223 g/mol. The van der Waals surface area contributed by atoms with E-state index in [4.69, 9.17) is 0 Å². The molecule has 0 nitrogen and oxygen atoms in total. The van der Waals surface area contributed by atoms with E-state index in [0.717, 1.165) is 4.90 Å². The molecule has 0 aliphatic heterocycles. The van der Waals surface area contributed by atoms with Gasteiger partial charge in [-0.25, -0.2) is 0 Å². The minimum atomic E-state index is -0.395. The van der Waals surface area contributed by atoms with Crippen molar-refractivity contribution in [1.82, 2.24) is 0 Å². The van der Waals surface area contributed by atoms with E-state index < -0.39 is 8.80 Å². The highest BCUT2D eigenvalue weighted by molar-refractivity contribution is 7.80. The van der Waals surface area contributed by atoms with Crippen molar-refractivity contribution in [2.24, 2.45) is 0 Å². The smallest absolute Gasteiger partial charge is 0.0796 e. The van der Waals surface area contributed by atoms with Crippen LogP contribution in [0.4, 0.5) is 0 Å². The number of rotatable bonds is 1. The molecular formula is C12H19SSi. The molecule has 1 radical (unpaired) electrons. The van der Waals surface area contributed by atoms with Crippen molar-refractivity contribution < 1.29 is 0 Å². The molecule has 77 valence electrons. The van der Waals surface area contributed by atoms with Crippen LogP contribution in [0.25, 0.3) is 0 Å². The Morgan fingerprint density at radius 2 is 1.71 bits per heavy atom. The molecule has 0 heterocycles. The highest BCUT2D eigenvalue weighted by atomic mass is 32.1. The minimum absolute atomic E-state index is 0.204. The Morgan fingerprint density at radius 1 is 1.14 bits per heavy atom. The molecule has 0 fully saturated rings. The Hall–Kier alpha value is -0.213. The van der Waals surface area contributed by atoms with E-state index in [-0.39, 0.29) is 5.41 Å². The van der Waals surface area contributed by atoms with Crippen LogP contribution in [0.1, 0.15) is 26.3 Å². The predicted octanol–water partition coefficient (Wildman–Crippen LogP) is 3.23. The largest absolute Gasteiger partial charge is 0.143 e. The Balaban J connectivity index is 3.38. The molecule has 0 spiro atoms. The normalized spacial score (nSPS) is 12.2. The maximum absolute atomic E-state index is 4.57. The summed E-state index contributed by atoms with van der Waals surface area (Å²) in [6, 6.07) is 6.47. The summed E-state index contributed by atoms with van der Waals surface area (Å²) in [5, 5.41) is 1.52. The number of hydrogen-bond donors (Lipinski definition) is 1.